The van der Waals surface area contributed by atoms with E-state index in [1.165, 1.54) is 44.9 Å². The van der Waals surface area contributed by atoms with Crippen molar-refractivity contribution >= 4 is 0 Å². The second-order valence-electron chi connectivity index (χ2n) is 3.92. The van der Waals surface area contributed by atoms with E-state index in [4.69, 9.17) is 4.74 Å². The van der Waals surface area contributed by atoms with Crippen LogP contribution in [0, 0.1) is 12.8 Å². The third-order valence-corrected chi connectivity index (χ3v) is 2.86. The van der Waals surface area contributed by atoms with Crippen molar-refractivity contribution in [3.63, 3.8) is 0 Å². The quantitative estimate of drug-likeness (QED) is 0.613. The average Bonchev–Trinajstić information content (AvgIpc) is 2.59. The summed E-state index contributed by atoms with van der Waals surface area (Å²) in [6, 6.07) is 0. The molecule has 1 heteroatoms. The summed E-state index contributed by atoms with van der Waals surface area (Å²) in [6.07, 6.45) is 14.7. The first kappa shape index (κ1) is 8.55. The van der Waals surface area contributed by atoms with E-state index < -0.39 is 0 Å². The van der Waals surface area contributed by atoms with Crippen molar-refractivity contribution in [1.29, 1.82) is 0 Å². The van der Waals surface area contributed by atoms with Crippen molar-refractivity contribution in [2.24, 2.45) is 0 Å². The zero-order valence-electron chi connectivity index (χ0n) is 7.67. The molecular formula is C11H18O. The lowest BCUT2D eigenvalue weighted by Gasteiger charge is -2.25. The smallest absolute Gasteiger partial charge is 0.0610 e. The molecule has 2 unspecified atom stereocenters. The van der Waals surface area contributed by atoms with Gasteiger partial charge in [-0.1, -0.05) is 12.8 Å². The second-order valence-corrected chi connectivity index (χ2v) is 3.92. The minimum atomic E-state index is 0.482. The topological polar surface area (TPSA) is 9.23 Å². The summed E-state index contributed by atoms with van der Waals surface area (Å²) in [7, 11) is 0. The molecule has 0 amide bonds. The summed E-state index contributed by atoms with van der Waals surface area (Å²) in [6.45, 7) is 0. The summed E-state index contributed by atoms with van der Waals surface area (Å²) < 4.78 is 5.97. The highest BCUT2D eigenvalue weighted by Gasteiger charge is 2.21. The molecule has 2 aliphatic rings. The van der Waals surface area contributed by atoms with Crippen LogP contribution in [0.25, 0.3) is 0 Å². The molecule has 0 spiro atoms. The van der Waals surface area contributed by atoms with E-state index in [2.05, 4.69) is 12.8 Å². The van der Waals surface area contributed by atoms with Crippen molar-refractivity contribution in [2.75, 3.05) is 0 Å². The van der Waals surface area contributed by atoms with Gasteiger partial charge in [0, 0.05) is 0 Å². The highest BCUT2D eigenvalue weighted by molar-refractivity contribution is 4.86. The maximum Gasteiger partial charge on any atom is 0.0610 e. The maximum atomic E-state index is 5.97. The van der Waals surface area contributed by atoms with Crippen LogP contribution in [0.2, 0.25) is 0 Å². The van der Waals surface area contributed by atoms with Crippen LogP contribution in [0.3, 0.4) is 0 Å². The summed E-state index contributed by atoms with van der Waals surface area (Å²) >= 11 is 0. The largest absolute Gasteiger partial charge is 0.375 e. The van der Waals surface area contributed by atoms with Gasteiger partial charge in [-0.25, -0.2) is 0 Å². The third kappa shape index (κ3) is 2.22. The van der Waals surface area contributed by atoms with Gasteiger partial charge < -0.3 is 4.74 Å². The molecule has 2 atom stereocenters. The zero-order valence-corrected chi connectivity index (χ0v) is 7.67. The van der Waals surface area contributed by atoms with E-state index in [1.54, 1.807) is 0 Å². The molecular weight excluding hydrogens is 148 g/mol. The predicted octanol–water partition coefficient (Wildman–Crippen LogP) is 2.91. The molecule has 12 heavy (non-hydrogen) atoms. The molecule has 0 aromatic heterocycles. The Kier molecular flexibility index (Phi) is 3.04. The minimum Gasteiger partial charge on any atom is -0.375 e. The molecule has 2 rings (SSSR count). The van der Waals surface area contributed by atoms with Gasteiger partial charge in [-0.2, -0.15) is 0 Å². The Morgan fingerprint density at radius 1 is 1.08 bits per heavy atom. The lowest BCUT2D eigenvalue weighted by molar-refractivity contribution is -0.00126. The van der Waals surface area contributed by atoms with Gasteiger partial charge in [-0.05, 0) is 44.9 Å². The molecule has 0 heterocycles. The molecule has 0 N–H and O–H groups in total. The van der Waals surface area contributed by atoms with Crippen LogP contribution in [-0.2, 0) is 4.74 Å². The fraction of sp³-hybridized carbons (Fsp3) is 0.818. The molecule has 0 bridgehead atoms. The third-order valence-electron chi connectivity index (χ3n) is 2.86. The lowest BCUT2D eigenvalue weighted by Crippen LogP contribution is -2.22. The van der Waals surface area contributed by atoms with Crippen LogP contribution < -0.4 is 0 Å². The van der Waals surface area contributed by atoms with Gasteiger partial charge in [-0.3, -0.25) is 0 Å². The zero-order chi connectivity index (χ0) is 8.23. The van der Waals surface area contributed by atoms with Crippen LogP contribution in [0.1, 0.15) is 44.9 Å². The number of rotatable bonds is 2. The molecule has 2 saturated carbocycles. The normalized spacial score (nSPS) is 28.0. The van der Waals surface area contributed by atoms with Gasteiger partial charge in [-0.15, -0.1) is 0 Å². The first-order valence-corrected chi connectivity index (χ1v) is 5.25. The summed E-state index contributed by atoms with van der Waals surface area (Å²) in [5, 5.41) is 0. The van der Waals surface area contributed by atoms with E-state index in [1.807, 2.05) is 0 Å². The Morgan fingerprint density at radius 3 is 2.75 bits per heavy atom. The standard InChI is InChI=1S/C11H18O/c1-2-6-10(7-3-1)12-11-8-4-5-9-11/h4,6,10-11H,1-3,5,7-9H2. The van der Waals surface area contributed by atoms with Gasteiger partial charge in [0.05, 0.1) is 12.2 Å². The first-order valence-electron chi connectivity index (χ1n) is 5.25. The molecule has 68 valence electrons. The molecule has 2 aliphatic carbocycles. The van der Waals surface area contributed by atoms with Crippen molar-refractivity contribution in [1.82, 2.24) is 0 Å². The average molecular weight is 166 g/mol. The van der Waals surface area contributed by atoms with E-state index in [9.17, 15) is 0 Å². The molecule has 2 fully saturated rings. The van der Waals surface area contributed by atoms with Crippen molar-refractivity contribution < 1.29 is 4.74 Å². The second kappa shape index (κ2) is 4.27. The van der Waals surface area contributed by atoms with E-state index in [0.29, 0.717) is 12.2 Å². The molecule has 2 radical (unpaired) electrons. The Balaban J connectivity index is 1.69. The van der Waals surface area contributed by atoms with Crippen LogP contribution in [0.15, 0.2) is 0 Å². The summed E-state index contributed by atoms with van der Waals surface area (Å²) in [5.41, 5.74) is 0. The highest BCUT2D eigenvalue weighted by atomic mass is 16.5. The fourth-order valence-corrected chi connectivity index (χ4v) is 2.13. The van der Waals surface area contributed by atoms with Gasteiger partial charge in [0.1, 0.15) is 0 Å². The summed E-state index contributed by atoms with van der Waals surface area (Å²) in [5.74, 6) is 0. The molecule has 0 aromatic carbocycles. The van der Waals surface area contributed by atoms with E-state index in [-0.39, 0.29) is 0 Å². The molecule has 0 saturated heterocycles. The number of ether oxygens (including phenoxy) is 1. The number of hydrogen-bond donors (Lipinski definition) is 0. The number of hydrogen-bond acceptors (Lipinski definition) is 1. The lowest BCUT2D eigenvalue weighted by atomic mass is 9.97. The van der Waals surface area contributed by atoms with Crippen LogP contribution in [0.4, 0.5) is 0 Å². The van der Waals surface area contributed by atoms with Gasteiger partial charge >= 0.3 is 0 Å². The fourth-order valence-electron chi connectivity index (χ4n) is 2.13. The van der Waals surface area contributed by atoms with Crippen LogP contribution in [-0.4, -0.2) is 12.2 Å². The molecule has 1 nitrogen and oxygen atoms in total. The van der Waals surface area contributed by atoms with Crippen molar-refractivity contribution in [3.8, 4) is 0 Å². The monoisotopic (exact) mass is 166 g/mol. The van der Waals surface area contributed by atoms with E-state index >= 15 is 0 Å². The Hall–Kier alpha value is -0.0400. The van der Waals surface area contributed by atoms with Gasteiger partial charge in [0.25, 0.3) is 0 Å². The van der Waals surface area contributed by atoms with Crippen LogP contribution in [0.5, 0.6) is 0 Å². The van der Waals surface area contributed by atoms with Crippen LogP contribution >= 0.6 is 0 Å². The molecule has 0 aliphatic heterocycles. The van der Waals surface area contributed by atoms with Gasteiger partial charge in [0.15, 0.2) is 0 Å². The predicted molar refractivity (Wildman–Crippen MR) is 49.6 cm³/mol. The Labute approximate surface area is 75.5 Å². The van der Waals surface area contributed by atoms with E-state index in [0.717, 1.165) is 0 Å². The maximum absolute atomic E-state index is 5.97. The Bertz CT molecular complexity index is 121. The SMILES string of the molecule is [CH]1CCC(OC2[CH]CCCC2)C1. The minimum absolute atomic E-state index is 0.482. The summed E-state index contributed by atoms with van der Waals surface area (Å²) in [4.78, 5) is 0. The van der Waals surface area contributed by atoms with Gasteiger partial charge in [0.2, 0.25) is 0 Å². The van der Waals surface area contributed by atoms with Crippen molar-refractivity contribution in [2.45, 2.75) is 57.2 Å². The van der Waals surface area contributed by atoms with Crippen molar-refractivity contribution in [3.05, 3.63) is 12.8 Å². The molecule has 0 aromatic rings. The highest BCUT2D eigenvalue weighted by Crippen LogP contribution is 2.26. The first-order chi connectivity index (χ1) is 5.95. The Morgan fingerprint density at radius 2 is 2.08 bits per heavy atom.